The minimum atomic E-state index is -0.0712. The zero-order valence-corrected chi connectivity index (χ0v) is 14.9. The summed E-state index contributed by atoms with van der Waals surface area (Å²) in [6, 6.07) is 7.02. The fourth-order valence-electron chi connectivity index (χ4n) is 2.12. The number of thioether (sulfide) groups is 1. The van der Waals surface area contributed by atoms with Gasteiger partial charge in [-0.3, -0.25) is 5.10 Å². The monoisotopic (exact) mass is 344 g/mol. The second-order valence-corrected chi connectivity index (χ2v) is 7.86. The van der Waals surface area contributed by atoms with Gasteiger partial charge in [0.25, 0.3) is 0 Å². The third kappa shape index (κ3) is 3.46. The third-order valence-corrected chi connectivity index (χ3v) is 4.47. The van der Waals surface area contributed by atoms with Gasteiger partial charge in [-0.1, -0.05) is 44.7 Å². The van der Waals surface area contributed by atoms with Crippen molar-refractivity contribution in [3.63, 3.8) is 0 Å². The quantitative estimate of drug-likeness (QED) is 0.686. The minimum Gasteiger partial charge on any atom is -0.507 e. The van der Waals surface area contributed by atoms with Crippen LogP contribution in [-0.2, 0) is 5.41 Å². The number of hydrogen-bond donors (Lipinski definition) is 2. The molecule has 0 radical (unpaired) electrons. The molecule has 2 N–H and O–H groups in total. The van der Waals surface area contributed by atoms with E-state index in [1.807, 2.05) is 13.0 Å². The Morgan fingerprint density at radius 2 is 2.00 bits per heavy atom. The second-order valence-electron chi connectivity index (χ2n) is 6.56. The molecule has 0 aliphatic rings. The van der Waals surface area contributed by atoms with E-state index in [4.69, 9.17) is 4.42 Å². The Balaban J connectivity index is 1.75. The average molecular weight is 344 g/mol. The van der Waals surface area contributed by atoms with Gasteiger partial charge < -0.3 is 9.52 Å². The largest absolute Gasteiger partial charge is 0.507 e. The number of rotatable bonds is 4. The first-order valence-electron chi connectivity index (χ1n) is 7.68. The molecular weight excluding hydrogens is 324 g/mol. The van der Waals surface area contributed by atoms with Crippen LogP contribution >= 0.6 is 11.8 Å². The van der Waals surface area contributed by atoms with Crippen molar-refractivity contribution in [3.05, 3.63) is 42.1 Å². The van der Waals surface area contributed by atoms with Gasteiger partial charge in [-0.15, -0.1) is 5.10 Å². The Hall–Kier alpha value is -2.28. The molecule has 0 fully saturated rings. The van der Waals surface area contributed by atoms with E-state index >= 15 is 0 Å². The normalized spacial score (nSPS) is 13.2. The van der Waals surface area contributed by atoms with Gasteiger partial charge in [-0.05, 0) is 19.1 Å². The van der Waals surface area contributed by atoms with Crippen molar-refractivity contribution in [2.45, 2.75) is 43.5 Å². The zero-order chi connectivity index (χ0) is 17.3. The first-order chi connectivity index (χ1) is 11.3. The summed E-state index contributed by atoms with van der Waals surface area (Å²) in [7, 11) is 0. The Morgan fingerprint density at radius 1 is 1.25 bits per heavy atom. The number of nitrogens with zero attached hydrogens (tertiary/aromatic N) is 3. The van der Waals surface area contributed by atoms with E-state index in [1.165, 1.54) is 11.8 Å². The zero-order valence-electron chi connectivity index (χ0n) is 14.1. The van der Waals surface area contributed by atoms with E-state index in [2.05, 4.69) is 40.9 Å². The predicted molar refractivity (Wildman–Crippen MR) is 93.0 cm³/mol. The highest BCUT2D eigenvalue weighted by molar-refractivity contribution is 7.99. The SMILES string of the molecule is C[C@H](Sc1n[nH]c(-c2ccccc2O)n1)c1ncc(C(C)(C)C)o1. The van der Waals surface area contributed by atoms with Gasteiger partial charge in [0.15, 0.2) is 5.82 Å². The molecule has 126 valence electrons. The molecule has 1 aromatic carbocycles. The molecule has 0 aliphatic heterocycles. The molecule has 6 nitrogen and oxygen atoms in total. The maximum atomic E-state index is 9.89. The van der Waals surface area contributed by atoms with Crippen LogP contribution in [0, 0.1) is 0 Å². The Labute approximate surface area is 144 Å². The fourth-order valence-corrected chi connectivity index (χ4v) is 2.89. The van der Waals surface area contributed by atoms with Gasteiger partial charge in [0.2, 0.25) is 11.0 Å². The van der Waals surface area contributed by atoms with Crippen LogP contribution in [0.3, 0.4) is 0 Å². The molecule has 3 aromatic rings. The van der Waals surface area contributed by atoms with Crippen LogP contribution in [0.15, 0.2) is 40.0 Å². The lowest BCUT2D eigenvalue weighted by molar-refractivity contribution is 0.383. The number of aromatic hydroxyl groups is 1. The van der Waals surface area contributed by atoms with Gasteiger partial charge in [-0.25, -0.2) is 9.97 Å². The molecule has 0 spiro atoms. The summed E-state index contributed by atoms with van der Waals surface area (Å²) in [4.78, 5) is 8.79. The summed E-state index contributed by atoms with van der Waals surface area (Å²) < 4.78 is 5.85. The number of H-pyrrole nitrogens is 1. The summed E-state index contributed by atoms with van der Waals surface area (Å²) in [6.45, 7) is 8.26. The molecule has 0 saturated heterocycles. The van der Waals surface area contributed by atoms with E-state index in [0.29, 0.717) is 22.4 Å². The lowest BCUT2D eigenvalue weighted by Crippen LogP contribution is -2.09. The Bertz CT molecular complexity index is 835. The number of phenolic OH excluding ortho intramolecular Hbond substituents is 1. The van der Waals surface area contributed by atoms with Crippen LogP contribution in [0.2, 0.25) is 0 Å². The van der Waals surface area contributed by atoms with Crippen molar-refractivity contribution in [2.75, 3.05) is 0 Å². The number of phenols is 1. The highest BCUT2D eigenvalue weighted by Gasteiger charge is 2.22. The van der Waals surface area contributed by atoms with Gasteiger partial charge in [0.05, 0.1) is 17.0 Å². The first-order valence-corrected chi connectivity index (χ1v) is 8.56. The van der Waals surface area contributed by atoms with Crippen LogP contribution in [0.1, 0.15) is 44.6 Å². The molecule has 2 heterocycles. The minimum absolute atomic E-state index is 0.0193. The summed E-state index contributed by atoms with van der Waals surface area (Å²) in [5.74, 6) is 2.21. The maximum absolute atomic E-state index is 9.89. The molecule has 0 aliphatic carbocycles. The number of nitrogens with one attached hydrogen (secondary N) is 1. The number of aromatic amines is 1. The van der Waals surface area contributed by atoms with E-state index in [-0.39, 0.29) is 16.4 Å². The molecule has 24 heavy (non-hydrogen) atoms. The van der Waals surface area contributed by atoms with Crippen LogP contribution in [0.25, 0.3) is 11.4 Å². The number of benzene rings is 1. The number of para-hydroxylation sites is 1. The summed E-state index contributed by atoms with van der Waals surface area (Å²) in [5, 5.41) is 17.5. The number of aromatic nitrogens is 4. The van der Waals surface area contributed by atoms with Crippen molar-refractivity contribution in [3.8, 4) is 17.1 Å². The predicted octanol–water partition coefficient (Wildman–Crippen LogP) is 4.32. The summed E-state index contributed by atoms with van der Waals surface area (Å²) >= 11 is 1.45. The molecule has 0 amide bonds. The van der Waals surface area contributed by atoms with Crippen molar-refractivity contribution in [1.82, 2.24) is 20.2 Å². The van der Waals surface area contributed by atoms with Crippen LogP contribution < -0.4 is 0 Å². The molecule has 3 rings (SSSR count). The first kappa shape index (κ1) is 16.6. The van der Waals surface area contributed by atoms with E-state index in [9.17, 15) is 5.11 Å². The van der Waals surface area contributed by atoms with Crippen LogP contribution in [0.4, 0.5) is 0 Å². The van der Waals surface area contributed by atoms with Crippen molar-refractivity contribution in [2.24, 2.45) is 0 Å². The topological polar surface area (TPSA) is 87.8 Å². The maximum Gasteiger partial charge on any atom is 0.209 e. The molecule has 2 aromatic heterocycles. The van der Waals surface area contributed by atoms with Gasteiger partial charge in [0.1, 0.15) is 11.5 Å². The smallest absolute Gasteiger partial charge is 0.209 e. The summed E-state index contributed by atoms with van der Waals surface area (Å²) in [5.41, 5.74) is 0.550. The van der Waals surface area contributed by atoms with E-state index in [0.717, 1.165) is 5.76 Å². The van der Waals surface area contributed by atoms with Crippen LogP contribution in [-0.4, -0.2) is 25.3 Å². The van der Waals surface area contributed by atoms with Crippen molar-refractivity contribution >= 4 is 11.8 Å². The van der Waals surface area contributed by atoms with E-state index in [1.54, 1.807) is 24.4 Å². The van der Waals surface area contributed by atoms with Crippen molar-refractivity contribution in [1.29, 1.82) is 0 Å². The third-order valence-electron chi connectivity index (χ3n) is 3.52. The standard InChI is InChI=1S/C17H20N4O2S/c1-10(15-18-9-13(23-15)17(2,3)4)24-16-19-14(20-21-16)11-7-5-6-8-12(11)22/h5-10,22H,1-4H3,(H,19,20,21)/t10-/m0/s1. The molecule has 1 atom stereocenters. The molecular formula is C17H20N4O2S. The Kier molecular flexibility index (Phi) is 4.36. The van der Waals surface area contributed by atoms with Gasteiger partial charge in [-0.2, -0.15) is 0 Å². The number of hydrogen-bond acceptors (Lipinski definition) is 6. The van der Waals surface area contributed by atoms with Gasteiger partial charge >= 0.3 is 0 Å². The van der Waals surface area contributed by atoms with Crippen molar-refractivity contribution < 1.29 is 9.52 Å². The lowest BCUT2D eigenvalue weighted by atomic mass is 9.94. The Morgan fingerprint density at radius 3 is 2.67 bits per heavy atom. The second kappa shape index (κ2) is 6.32. The number of oxazole rings is 1. The van der Waals surface area contributed by atoms with Crippen LogP contribution in [0.5, 0.6) is 5.75 Å². The molecule has 0 bridgehead atoms. The summed E-state index contributed by atoms with van der Waals surface area (Å²) in [6.07, 6.45) is 1.78. The molecule has 0 unspecified atom stereocenters. The van der Waals surface area contributed by atoms with E-state index < -0.39 is 0 Å². The average Bonchev–Trinajstić information content (AvgIpc) is 3.16. The molecule has 0 saturated carbocycles. The van der Waals surface area contributed by atoms with Gasteiger partial charge in [0, 0.05) is 5.41 Å². The fraction of sp³-hybridized carbons (Fsp3) is 0.353. The highest BCUT2D eigenvalue weighted by Crippen LogP contribution is 2.35. The highest BCUT2D eigenvalue weighted by atomic mass is 32.2. The molecule has 7 heteroatoms. The lowest BCUT2D eigenvalue weighted by Gasteiger charge is -2.13.